The molecule has 5 nitrogen and oxygen atoms in total. The molecule has 5 heteroatoms. The molecule has 0 bridgehead atoms. The number of aryl methyl sites for hydroxylation is 1. The maximum absolute atomic E-state index is 10.8. The molecule has 1 fully saturated rings. The minimum absolute atomic E-state index is 0.256. The topological polar surface area (TPSA) is 78.0 Å². The third kappa shape index (κ3) is 1.49. The van der Waals surface area contributed by atoms with Crippen LogP contribution in [0, 0.1) is 6.92 Å². The van der Waals surface area contributed by atoms with E-state index in [1.54, 1.807) is 6.92 Å². The molecule has 13 heavy (non-hydrogen) atoms. The van der Waals surface area contributed by atoms with Crippen molar-refractivity contribution in [2.75, 3.05) is 5.32 Å². The molecule has 1 aliphatic rings. The highest BCUT2D eigenvalue weighted by molar-refractivity contribution is 5.94. The van der Waals surface area contributed by atoms with E-state index in [0.717, 1.165) is 12.8 Å². The van der Waals surface area contributed by atoms with Gasteiger partial charge in [0.25, 0.3) is 0 Å². The maximum atomic E-state index is 10.8. The number of hydrogen-bond donors (Lipinski definition) is 3. The van der Waals surface area contributed by atoms with Crippen molar-refractivity contribution >= 4 is 11.8 Å². The van der Waals surface area contributed by atoms with Gasteiger partial charge in [-0.15, -0.1) is 0 Å². The fraction of sp³-hybridized carbons (Fsp3) is 0.500. The van der Waals surface area contributed by atoms with Crippen LogP contribution in [-0.4, -0.2) is 27.3 Å². The Hall–Kier alpha value is -1.52. The summed E-state index contributed by atoms with van der Waals surface area (Å²) in [7, 11) is 0. The Morgan fingerprint density at radius 2 is 2.38 bits per heavy atom. The Bertz CT molecular complexity index is 341. The summed E-state index contributed by atoms with van der Waals surface area (Å²) in [6.45, 7) is 1.70. The number of H-pyrrole nitrogens is 1. The van der Waals surface area contributed by atoms with Crippen molar-refractivity contribution in [3.8, 4) is 0 Å². The van der Waals surface area contributed by atoms with Crippen molar-refractivity contribution in [3.05, 3.63) is 11.3 Å². The second-order valence-corrected chi connectivity index (χ2v) is 3.30. The molecule has 1 aromatic rings. The molecule has 70 valence electrons. The first-order valence-electron chi connectivity index (χ1n) is 4.23. The minimum atomic E-state index is -0.936. The van der Waals surface area contributed by atoms with E-state index in [0.29, 0.717) is 17.6 Å². The van der Waals surface area contributed by atoms with Crippen LogP contribution in [0.2, 0.25) is 0 Å². The molecular weight excluding hydrogens is 170 g/mol. The van der Waals surface area contributed by atoms with Crippen LogP contribution >= 0.6 is 0 Å². The van der Waals surface area contributed by atoms with Gasteiger partial charge in [-0.3, -0.25) is 5.10 Å². The lowest BCUT2D eigenvalue weighted by Crippen LogP contribution is -2.07. The lowest BCUT2D eigenvalue weighted by molar-refractivity contribution is 0.0697. The zero-order valence-corrected chi connectivity index (χ0v) is 7.29. The largest absolute Gasteiger partial charge is 0.477 e. The summed E-state index contributed by atoms with van der Waals surface area (Å²) in [5.41, 5.74) is 0.850. The van der Waals surface area contributed by atoms with Gasteiger partial charge in [0.1, 0.15) is 5.56 Å². The highest BCUT2D eigenvalue weighted by atomic mass is 16.4. The van der Waals surface area contributed by atoms with Crippen LogP contribution in [0.4, 0.5) is 5.82 Å². The van der Waals surface area contributed by atoms with Crippen LogP contribution in [0.25, 0.3) is 0 Å². The van der Waals surface area contributed by atoms with E-state index in [1.807, 2.05) is 0 Å². The Morgan fingerprint density at radius 3 is 2.92 bits per heavy atom. The van der Waals surface area contributed by atoms with Gasteiger partial charge in [0, 0.05) is 11.7 Å². The van der Waals surface area contributed by atoms with Gasteiger partial charge in [0.2, 0.25) is 0 Å². The summed E-state index contributed by atoms with van der Waals surface area (Å²) >= 11 is 0. The third-order valence-electron chi connectivity index (χ3n) is 2.08. The van der Waals surface area contributed by atoms with Gasteiger partial charge in [-0.25, -0.2) is 4.79 Å². The Balaban J connectivity index is 2.27. The fourth-order valence-electron chi connectivity index (χ4n) is 1.22. The van der Waals surface area contributed by atoms with Gasteiger partial charge >= 0.3 is 5.97 Å². The molecule has 0 atom stereocenters. The van der Waals surface area contributed by atoms with Gasteiger partial charge in [-0.05, 0) is 19.8 Å². The molecule has 0 spiro atoms. The lowest BCUT2D eigenvalue weighted by atomic mass is 10.2. The van der Waals surface area contributed by atoms with Crippen LogP contribution in [0.15, 0.2) is 0 Å². The first-order valence-corrected chi connectivity index (χ1v) is 4.23. The van der Waals surface area contributed by atoms with Crippen molar-refractivity contribution < 1.29 is 9.90 Å². The first kappa shape index (κ1) is 8.10. The van der Waals surface area contributed by atoms with E-state index in [1.165, 1.54) is 0 Å². The molecule has 0 aromatic carbocycles. The van der Waals surface area contributed by atoms with Gasteiger partial charge < -0.3 is 10.4 Å². The van der Waals surface area contributed by atoms with Gasteiger partial charge in [-0.2, -0.15) is 5.10 Å². The van der Waals surface area contributed by atoms with Gasteiger partial charge in [0.15, 0.2) is 5.82 Å². The second kappa shape index (κ2) is 2.76. The first-order chi connectivity index (χ1) is 6.18. The molecule has 0 aliphatic heterocycles. The summed E-state index contributed by atoms with van der Waals surface area (Å²) < 4.78 is 0. The van der Waals surface area contributed by atoms with Crippen molar-refractivity contribution in [1.82, 2.24) is 10.2 Å². The molecule has 3 N–H and O–H groups in total. The Labute approximate surface area is 75.2 Å². The summed E-state index contributed by atoms with van der Waals surface area (Å²) in [6, 6.07) is 0.417. The molecule has 0 radical (unpaired) electrons. The van der Waals surface area contributed by atoms with Crippen molar-refractivity contribution in [2.24, 2.45) is 0 Å². The average molecular weight is 181 g/mol. The second-order valence-electron chi connectivity index (χ2n) is 3.30. The zero-order chi connectivity index (χ0) is 9.42. The van der Waals surface area contributed by atoms with E-state index in [4.69, 9.17) is 5.11 Å². The number of rotatable bonds is 3. The van der Waals surface area contributed by atoms with Crippen molar-refractivity contribution in [3.63, 3.8) is 0 Å². The van der Waals surface area contributed by atoms with Crippen molar-refractivity contribution in [2.45, 2.75) is 25.8 Å². The number of nitrogens with zero attached hydrogens (tertiary/aromatic N) is 1. The van der Waals surface area contributed by atoms with E-state index in [-0.39, 0.29) is 5.56 Å². The number of aromatic carboxylic acids is 1. The normalized spacial score (nSPS) is 15.8. The van der Waals surface area contributed by atoms with E-state index in [9.17, 15) is 4.79 Å². The fourth-order valence-corrected chi connectivity index (χ4v) is 1.22. The smallest absolute Gasteiger partial charge is 0.341 e. The Kier molecular flexibility index (Phi) is 1.72. The molecular formula is C8H11N3O2. The summed E-state index contributed by atoms with van der Waals surface area (Å²) in [5.74, 6) is -0.470. The highest BCUT2D eigenvalue weighted by Crippen LogP contribution is 2.26. The molecule has 1 heterocycles. The maximum Gasteiger partial charge on any atom is 0.341 e. The Morgan fingerprint density at radius 1 is 1.69 bits per heavy atom. The predicted octanol–water partition coefficient (Wildman–Crippen LogP) is 0.991. The number of anilines is 1. The zero-order valence-electron chi connectivity index (χ0n) is 7.29. The predicted molar refractivity (Wildman–Crippen MR) is 46.9 cm³/mol. The summed E-state index contributed by atoms with van der Waals surface area (Å²) in [4.78, 5) is 10.8. The monoisotopic (exact) mass is 181 g/mol. The van der Waals surface area contributed by atoms with Crippen LogP contribution in [-0.2, 0) is 0 Å². The molecule has 1 aliphatic carbocycles. The minimum Gasteiger partial charge on any atom is -0.477 e. The molecule has 0 amide bonds. The molecule has 1 aromatic heterocycles. The number of carbonyl (C=O) groups is 1. The molecule has 2 rings (SSSR count). The summed E-state index contributed by atoms with van der Waals surface area (Å²) in [6.07, 6.45) is 2.20. The SMILES string of the molecule is Cc1[nH]nc(NC2CC2)c1C(=O)O. The average Bonchev–Trinajstić information content (AvgIpc) is 2.76. The molecule has 1 saturated carbocycles. The number of carboxylic acid groups (broad SMARTS) is 1. The van der Waals surface area contributed by atoms with Gasteiger partial charge in [0.05, 0.1) is 0 Å². The molecule has 0 unspecified atom stereocenters. The van der Waals surface area contributed by atoms with Crippen LogP contribution in [0.5, 0.6) is 0 Å². The van der Waals surface area contributed by atoms with Gasteiger partial charge in [-0.1, -0.05) is 0 Å². The highest BCUT2D eigenvalue weighted by Gasteiger charge is 2.25. The quantitative estimate of drug-likeness (QED) is 0.649. The molecule has 0 saturated heterocycles. The van der Waals surface area contributed by atoms with Crippen LogP contribution in [0.1, 0.15) is 28.9 Å². The van der Waals surface area contributed by atoms with Crippen LogP contribution in [0.3, 0.4) is 0 Å². The van der Waals surface area contributed by atoms with E-state index < -0.39 is 5.97 Å². The third-order valence-corrected chi connectivity index (χ3v) is 2.08. The van der Waals surface area contributed by atoms with E-state index in [2.05, 4.69) is 15.5 Å². The summed E-state index contributed by atoms with van der Waals surface area (Å²) in [5, 5.41) is 18.5. The van der Waals surface area contributed by atoms with Crippen LogP contribution < -0.4 is 5.32 Å². The number of carboxylic acids is 1. The van der Waals surface area contributed by atoms with Crippen molar-refractivity contribution in [1.29, 1.82) is 0 Å². The lowest BCUT2D eigenvalue weighted by Gasteiger charge is -2.00. The number of hydrogen-bond acceptors (Lipinski definition) is 3. The van der Waals surface area contributed by atoms with E-state index >= 15 is 0 Å². The number of aromatic nitrogens is 2. The standard InChI is InChI=1S/C8H11N3O2/c1-4-6(8(12)13)7(11-10-4)9-5-2-3-5/h5H,2-3H2,1H3,(H,12,13)(H2,9,10,11). The number of aromatic amines is 1. The number of nitrogens with one attached hydrogen (secondary N) is 2.